The van der Waals surface area contributed by atoms with Crippen molar-refractivity contribution in [2.24, 2.45) is 11.3 Å². The maximum Gasteiger partial charge on any atom is 0.275 e. The molecule has 0 spiro atoms. The SMILES string of the molecule is COc1cc(-n2cnc3cc(-c4ccc(Cl)cc4)sc3c2=O)ccc1OCC1(C2CC2)CC1. The predicted octanol–water partition coefficient (Wildman–Crippen LogP) is 6.35. The highest BCUT2D eigenvalue weighted by atomic mass is 35.5. The van der Waals surface area contributed by atoms with E-state index >= 15 is 0 Å². The number of benzene rings is 2. The number of hydrogen-bond acceptors (Lipinski definition) is 5. The molecule has 0 bridgehead atoms. The summed E-state index contributed by atoms with van der Waals surface area (Å²) in [4.78, 5) is 18.8. The van der Waals surface area contributed by atoms with E-state index in [1.165, 1.54) is 37.0 Å². The summed E-state index contributed by atoms with van der Waals surface area (Å²) in [5.74, 6) is 2.18. The van der Waals surface area contributed by atoms with Gasteiger partial charge in [-0.3, -0.25) is 9.36 Å². The molecule has 0 N–H and O–H groups in total. The van der Waals surface area contributed by atoms with Crippen molar-refractivity contribution in [3.8, 4) is 27.6 Å². The van der Waals surface area contributed by atoms with Crippen molar-refractivity contribution in [3.63, 3.8) is 0 Å². The largest absolute Gasteiger partial charge is 0.493 e. The van der Waals surface area contributed by atoms with E-state index in [2.05, 4.69) is 4.98 Å². The van der Waals surface area contributed by atoms with Crippen LogP contribution in [0, 0.1) is 11.3 Å². The van der Waals surface area contributed by atoms with Crippen LogP contribution in [-0.2, 0) is 0 Å². The molecule has 2 fully saturated rings. The van der Waals surface area contributed by atoms with Crippen molar-refractivity contribution in [1.82, 2.24) is 9.55 Å². The van der Waals surface area contributed by atoms with E-state index in [0.717, 1.165) is 28.7 Å². The van der Waals surface area contributed by atoms with Crippen LogP contribution in [-0.4, -0.2) is 23.3 Å². The van der Waals surface area contributed by atoms with Crippen LogP contribution < -0.4 is 15.0 Å². The van der Waals surface area contributed by atoms with Crippen LogP contribution in [0.15, 0.2) is 59.7 Å². The van der Waals surface area contributed by atoms with E-state index in [0.29, 0.717) is 32.1 Å². The average molecular weight is 479 g/mol. The standard InChI is InChI=1S/C26H23ClN2O3S/c1-31-22-12-19(8-9-21(22)32-14-26(10-11-26)17-4-5-17)29-15-28-20-13-23(33-24(20)25(29)30)16-2-6-18(27)7-3-16/h2-3,6-9,12-13,15,17H,4-5,10-11,14H2,1H3. The molecule has 0 atom stereocenters. The molecule has 4 aromatic rings. The minimum absolute atomic E-state index is 0.105. The molecule has 0 aliphatic heterocycles. The Morgan fingerprint density at radius 2 is 1.91 bits per heavy atom. The molecular formula is C26H23ClN2O3S. The maximum absolute atomic E-state index is 13.3. The van der Waals surface area contributed by atoms with Gasteiger partial charge in [-0.05, 0) is 67.5 Å². The van der Waals surface area contributed by atoms with Crippen LogP contribution in [0.2, 0.25) is 5.02 Å². The molecule has 0 radical (unpaired) electrons. The normalized spacial score (nSPS) is 16.7. The number of fused-ring (bicyclic) bond motifs is 1. The van der Waals surface area contributed by atoms with Gasteiger partial charge in [0.1, 0.15) is 11.0 Å². The molecule has 6 rings (SSSR count). The number of ether oxygens (including phenoxy) is 2. The Morgan fingerprint density at radius 1 is 1.12 bits per heavy atom. The van der Waals surface area contributed by atoms with E-state index in [1.807, 2.05) is 48.5 Å². The minimum Gasteiger partial charge on any atom is -0.493 e. The number of halogens is 1. The number of thiophene rings is 1. The van der Waals surface area contributed by atoms with Gasteiger partial charge < -0.3 is 9.47 Å². The van der Waals surface area contributed by atoms with Crippen molar-refractivity contribution < 1.29 is 9.47 Å². The summed E-state index contributed by atoms with van der Waals surface area (Å²) in [7, 11) is 1.63. The van der Waals surface area contributed by atoms with E-state index in [1.54, 1.807) is 18.0 Å². The molecule has 7 heteroatoms. The number of methoxy groups -OCH3 is 1. The van der Waals surface area contributed by atoms with E-state index in [-0.39, 0.29) is 5.56 Å². The van der Waals surface area contributed by atoms with Gasteiger partial charge in [0.15, 0.2) is 11.5 Å². The highest BCUT2D eigenvalue weighted by molar-refractivity contribution is 7.22. The van der Waals surface area contributed by atoms with Gasteiger partial charge in [0, 0.05) is 21.4 Å². The quantitative estimate of drug-likeness (QED) is 0.311. The van der Waals surface area contributed by atoms with Gasteiger partial charge in [0.2, 0.25) is 0 Å². The lowest BCUT2D eigenvalue weighted by Gasteiger charge is -2.18. The summed E-state index contributed by atoms with van der Waals surface area (Å²) in [5, 5.41) is 0.682. The molecule has 2 aromatic heterocycles. The summed E-state index contributed by atoms with van der Waals surface area (Å²) in [6.07, 6.45) is 6.76. The smallest absolute Gasteiger partial charge is 0.275 e. The summed E-state index contributed by atoms with van der Waals surface area (Å²) >= 11 is 7.44. The second kappa shape index (κ2) is 7.89. The molecule has 0 unspecified atom stereocenters. The van der Waals surface area contributed by atoms with Gasteiger partial charge in [0.05, 0.1) is 24.9 Å². The molecule has 168 valence electrons. The lowest BCUT2D eigenvalue weighted by Crippen LogP contribution is -2.18. The van der Waals surface area contributed by atoms with E-state index < -0.39 is 0 Å². The van der Waals surface area contributed by atoms with Crippen molar-refractivity contribution in [2.75, 3.05) is 13.7 Å². The zero-order valence-corrected chi connectivity index (χ0v) is 19.8. The molecule has 2 aliphatic rings. The summed E-state index contributed by atoms with van der Waals surface area (Å²) < 4.78 is 13.9. The zero-order valence-electron chi connectivity index (χ0n) is 18.2. The molecular weight excluding hydrogens is 456 g/mol. The van der Waals surface area contributed by atoms with Crippen molar-refractivity contribution in [2.45, 2.75) is 25.7 Å². The molecule has 2 saturated carbocycles. The van der Waals surface area contributed by atoms with Crippen molar-refractivity contribution in [3.05, 3.63) is 70.2 Å². The third-order valence-corrected chi connectivity index (χ3v) is 8.26. The van der Waals surface area contributed by atoms with Gasteiger partial charge >= 0.3 is 0 Å². The van der Waals surface area contributed by atoms with E-state index in [9.17, 15) is 4.79 Å². The Kier molecular flexibility index (Phi) is 4.96. The van der Waals surface area contributed by atoms with Gasteiger partial charge in [0.25, 0.3) is 5.56 Å². The molecule has 2 aromatic carbocycles. The topological polar surface area (TPSA) is 53.4 Å². The van der Waals surface area contributed by atoms with Crippen LogP contribution in [0.1, 0.15) is 25.7 Å². The molecule has 2 aliphatic carbocycles. The monoisotopic (exact) mass is 478 g/mol. The number of hydrogen-bond donors (Lipinski definition) is 0. The predicted molar refractivity (Wildman–Crippen MR) is 132 cm³/mol. The van der Waals surface area contributed by atoms with Crippen molar-refractivity contribution in [1.29, 1.82) is 0 Å². The Labute approximate surface area is 200 Å². The third-order valence-electron chi connectivity index (χ3n) is 6.84. The first-order valence-corrected chi connectivity index (χ1v) is 12.3. The first kappa shape index (κ1) is 20.8. The van der Waals surface area contributed by atoms with Gasteiger partial charge in [-0.2, -0.15) is 0 Å². The molecule has 33 heavy (non-hydrogen) atoms. The fourth-order valence-electron chi connectivity index (χ4n) is 4.53. The second-order valence-corrected chi connectivity index (χ2v) is 10.5. The lowest BCUT2D eigenvalue weighted by atomic mass is 10.0. The van der Waals surface area contributed by atoms with Crippen LogP contribution in [0.25, 0.3) is 26.3 Å². The first-order valence-electron chi connectivity index (χ1n) is 11.1. The summed E-state index contributed by atoms with van der Waals surface area (Å²) in [5.41, 5.74) is 2.68. The third kappa shape index (κ3) is 3.81. The first-order chi connectivity index (χ1) is 16.1. The molecule has 2 heterocycles. The number of rotatable bonds is 7. The highest BCUT2D eigenvalue weighted by Gasteiger charge is 2.54. The van der Waals surface area contributed by atoms with Crippen LogP contribution in [0.4, 0.5) is 0 Å². The molecule has 0 saturated heterocycles. The van der Waals surface area contributed by atoms with E-state index in [4.69, 9.17) is 21.1 Å². The Hall–Kier alpha value is -2.83. The summed E-state index contributed by atoms with van der Waals surface area (Å²) in [6.45, 7) is 0.740. The molecule has 5 nitrogen and oxygen atoms in total. The fourth-order valence-corrected chi connectivity index (χ4v) is 5.70. The average Bonchev–Trinajstić information content (AvgIpc) is 3.76. The van der Waals surface area contributed by atoms with Crippen LogP contribution >= 0.6 is 22.9 Å². The summed E-state index contributed by atoms with van der Waals surface area (Å²) in [6, 6.07) is 15.2. The van der Waals surface area contributed by atoms with Gasteiger partial charge in [-0.1, -0.05) is 23.7 Å². The Balaban J connectivity index is 1.31. The fraction of sp³-hybridized carbons (Fsp3) is 0.308. The van der Waals surface area contributed by atoms with Crippen molar-refractivity contribution >= 4 is 33.2 Å². The second-order valence-electron chi connectivity index (χ2n) is 9.01. The van der Waals surface area contributed by atoms with Gasteiger partial charge in [-0.25, -0.2) is 4.98 Å². The highest BCUT2D eigenvalue weighted by Crippen LogP contribution is 2.61. The Morgan fingerprint density at radius 3 is 2.61 bits per heavy atom. The van der Waals surface area contributed by atoms with Gasteiger partial charge in [-0.15, -0.1) is 11.3 Å². The maximum atomic E-state index is 13.3. The number of nitrogens with zero attached hydrogens (tertiary/aromatic N) is 2. The Bertz CT molecular complexity index is 1400. The minimum atomic E-state index is -0.105. The number of aromatic nitrogens is 2. The molecule has 0 amide bonds. The van der Waals surface area contributed by atoms with Crippen LogP contribution in [0.3, 0.4) is 0 Å². The van der Waals surface area contributed by atoms with Crippen LogP contribution in [0.5, 0.6) is 11.5 Å². The zero-order chi connectivity index (χ0) is 22.6. The lowest BCUT2D eigenvalue weighted by molar-refractivity contribution is 0.207.